The van der Waals surface area contributed by atoms with Gasteiger partial charge >= 0.3 is 11.9 Å². The Labute approximate surface area is 182 Å². The molecule has 7 heteroatoms. The molecule has 7 nitrogen and oxygen atoms in total. The Morgan fingerprint density at radius 1 is 1.06 bits per heavy atom. The van der Waals surface area contributed by atoms with Crippen molar-refractivity contribution in [3.8, 4) is 11.5 Å². The highest BCUT2D eigenvalue weighted by Gasteiger charge is 2.27. The van der Waals surface area contributed by atoms with E-state index in [0.717, 1.165) is 11.1 Å². The fourth-order valence-electron chi connectivity index (χ4n) is 3.24. The Morgan fingerprint density at radius 2 is 1.74 bits per heavy atom. The molecule has 0 saturated carbocycles. The van der Waals surface area contributed by atoms with Crippen LogP contribution in [0.4, 0.5) is 0 Å². The maximum absolute atomic E-state index is 12.8. The predicted molar refractivity (Wildman–Crippen MR) is 115 cm³/mol. The lowest BCUT2D eigenvalue weighted by atomic mass is 9.92. The summed E-state index contributed by atoms with van der Waals surface area (Å²) in [4.78, 5) is 40.9. The fraction of sp³-hybridized carbons (Fsp3) is 0.417. The standard InChI is InChI=1S/C24H29NO6/c1-14-9-7-8-10-19(14)16(3)17(4)30-24(28)15(2)13-20(27)22-23(31-18(5)26)21(29-6)11-12-25-22/h7-12,15-17H,13H2,1-6H3/t15-,16-,17-/m0/s1. The molecule has 0 radical (unpaired) electrons. The average molecular weight is 427 g/mol. The summed E-state index contributed by atoms with van der Waals surface area (Å²) in [6.07, 6.45) is 0.880. The van der Waals surface area contributed by atoms with Crippen LogP contribution < -0.4 is 9.47 Å². The number of carbonyl (C=O) groups is 3. The van der Waals surface area contributed by atoms with E-state index in [0.29, 0.717) is 0 Å². The highest BCUT2D eigenvalue weighted by atomic mass is 16.6. The Kier molecular flexibility index (Phi) is 8.30. The number of aromatic nitrogens is 1. The molecule has 1 aromatic carbocycles. The SMILES string of the molecule is COc1ccnc(C(=O)C[C@H](C)C(=O)O[C@@H](C)[C@H](C)c2ccccc2C)c1OC(C)=O. The van der Waals surface area contributed by atoms with Crippen LogP contribution in [0.1, 0.15) is 61.6 Å². The van der Waals surface area contributed by atoms with Crippen molar-refractivity contribution in [2.75, 3.05) is 7.11 Å². The van der Waals surface area contributed by atoms with E-state index in [1.165, 1.54) is 26.3 Å². The van der Waals surface area contributed by atoms with E-state index in [1.54, 1.807) is 6.92 Å². The molecule has 2 rings (SSSR count). The van der Waals surface area contributed by atoms with Crippen LogP contribution in [-0.4, -0.2) is 35.9 Å². The van der Waals surface area contributed by atoms with Crippen LogP contribution in [-0.2, 0) is 14.3 Å². The number of methoxy groups -OCH3 is 1. The van der Waals surface area contributed by atoms with Gasteiger partial charge in [0, 0.05) is 31.5 Å². The maximum Gasteiger partial charge on any atom is 0.309 e. The molecular formula is C24H29NO6. The highest BCUT2D eigenvalue weighted by Crippen LogP contribution is 2.31. The molecule has 2 aromatic rings. The Hall–Kier alpha value is -3.22. The normalized spacial score (nSPS) is 13.6. The fourth-order valence-corrected chi connectivity index (χ4v) is 3.24. The highest BCUT2D eigenvalue weighted by molar-refractivity contribution is 5.99. The van der Waals surface area contributed by atoms with Gasteiger partial charge in [-0.2, -0.15) is 0 Å². The van der Waals surface area contributed by atoms with E-state index in [9.17, 15) is 14.4 Å². The molecule has 0 fully saturated rings. The van der Waals surface area contributed by atoms with Gasteiger partial charge in [0.25, 0.3) is 0 Å². The Balaban J connectivity index is 2.08. The van der Waals surface area contributed by atoms with E-state index < -0.39 is 23.6 Å². The number of Topliss-reactive ketones (excluding diaryl/α,β-unsaturated/α-hetero) is 1. The van der Waals surface area contributed by atoms with Gasteiger partial charge in [-0.1, -0.05) is 38.1 Å². The summed E-state index contributed by atoms with van der Waals surface area (Å²) < 4.78 is 15.9. The zero-order valence-electron chi connectivity index (χ0n) is 18.8. The summed E-state index contributed by atoms with van der Waals surface area (Å²) in [6, 6.07) is 9.44. The number of pyridine rings is 1. The van der Waals surface area contributed by atoms with E-state index in [2.05, 4.69) is 4.98 Å². The van der Waals surface area contributed by atoms with Gasteiger partial charge < -0.3 is 14.2 Å². The van der Waals surface area contributed by atoms with Gasteiger partial charge in [0.2, 0.25) is 5.75 Å². The molecule has 0 unspecified atom stereocenters. The zero-order valence-corrected chi connectivity index (χ0v) is 18.8. The van der Waals surface area contributed by atoms with Crippen LogP contribution >= 0.6 is 0 Å². The lowest BCUT2D eigenvalue weighted by Crippen LogP contribution is -2.26. The second-order valence-electron chi connectivity index (χ2n) is 7.60. The predicted octanol–water partition coefficient (Wildman–Crippen LogP) is 4.27. The number of rotatable bonds is 9. The molecule has 166 valence electrons. The van der Waals surface area contributed by atoms with Crippen LogP contribution in [0, 0.1) is 12.8 Å². The Morgan fingerprint density at radius 3 is 2.35 bits per heavy atom. The molecule has 0 bridgehead atoms. The molecule has 1 heterocycles. The number of hydrogen-bond donors (Lipinski definition) is 0. The minimum atomic E-state index is -0.697. The van der Waals surface area contributed by atoms with Crippen molar-refractivity contribution in [1.82, 2.24) is 4.98 Å². The molecule has 0 spiro atoms. The lowest BCUT2D eigenvalue weighted by molar-refractivity contribution is -0.153. The van der Waals surface area contributed by atoms with Crippen molar-refractivity contribution in [3.63, 3.8) is 0 Å². The largest absolute Gasteiger partial charge is 0.493 e. The number of hydrogen-bond acceptors (Lipinski definition) is 7. The quantitative estimate of drug-likeness (QED) is 0.436. The summed E-state index contributed by atoms with van der Waals surface area (Å²) >= 11 is 0. The number of aryl methyl sites for hydroxylation is 1. The summed E-state index contributed by atoms with van der Waals surface area (Å²) in [5, 5.41) is 0. The third-order valence-electron chi connectivity index (χ3n) is 5.18. The number of benzene rings is 1. The van der Waals surface area contributed by atoms with E-state index >= 15 is 0 Å². The van der Waals surface area contributed by atoms with Crippen LogP contribution in [0.5, 0.6) is 11.5 Å². The van der Waals surface area contributed by atoms with Gasteiger partial charge in [0.1, 0.15) is 6.10 Å². The number of nitrogens with zero attached hydrogens (tertiary/aromatic N) is 1. The third kappa shape index (κ3) is 6.13. The molecule has 31 heavy (non-hydrogen) atoms. The molecule has 0 N–H and O–H groups in total. The van der Waals surface area contributed by atoms with Crippen molar-refractivity contribution >= 4 is 17.7 Å². The van der Waals surface area contributed by atoms with E-state index in [-0.39, 0.29) is 35.6 Å². The van der Waals surface area contributed by atoms with Crippen LogP contribution in [0.25, 0.3) is 0 Å². The van der Waals surface area contributed by atoms with Gasteiger partial charge in [0.05, 0.1) is 13.0 Å². The third-order valence-corrected chi connectivity index (χ3v) is 5.18. The molecule has 0 aliphatic rings. The molecule has 0 aliphatic heterocycles. The summed E-state index contributed by atoms with van der Waals surface area (Å²) in [6.45, 7) is 8.70. The molecule has 1 aromatic heterocycles. The van der Waals surface area contributed by atoms with Crippen LogP contribution in [0.15, 0.2) is 36.5 Å². The topological polar surface area (TPSA) is 91.8 Å². The first-order valence-electron chi connectivity index (χ1n) is 10.2. The Bertz CT molecular complexity index is 955. The number of esters is 2. The molecule has 3 atom stereocenters. The number of ketones is 1. The van der Waals surface area contributed by atoms with E-state index in [4.69, 9.17) is 14.2 Å². The first-order chi connectivity index (χ1) is 14.6. The second kappa shape index (κ2) is 10.7. The monoisotopic (exact) mass is 427 g/mol. The van der Waals surface area contributed by atoms with Gasteiger partial charge in [-0.3, -0.25) is 14.4 Å². The first-order valence-corrected chi connectivity index (χ1v) is 10.2. The van der Waals surface area contributed by atoms with Gasteiger partial charge in [-0.25, -0.2) is 4.98 Å². The smallest absolute Gasteiger partial charge is 0.309 e. The minimum absolute atomic E-state index is 0.00340. The van der Waals surface area contributed by atoms with Crippen molar-refractivity contribution in [2.24, 2.45) is 5.92 Å². The maximum atomic E-state index is 12.8. The van der Waals surface area contributed by atoms with Gasteiger partial charge in [-0.05, 0) is 25.0 Å². The van der Waals surface area contributed by atoms with Crippen molar-refractivity contribution in [1.29, 1.82) is 0 Å². The lowest BCUT2D eigenvalue weighted by Gasteiger charge is -2.23. The minimum Gasteiger partial charge on any atom is -0.493 e. The number of ether oxygens (including phenoxy) is 3. The van der Waals surface area contributed by atoms with Crippen molar-refractivity contribution < 1.29 is 28.6 Å². The number of carbonyl (C=O) groups excluding carboxylic acids is 3. The van der Waals surface area contributed by atoms with Crippen LogP contribution in [0.3, 0.4) is 0 Å². The molecule has 0 saturated heterocycles. The van der Waals surface area contributed by atoms with Crippen molar-refractivity contribution in [2.45, 2.75) is 53.1 Å². The van der Waals surface area contributed by atoms with Crippen molar-refractivity contribution in [3.05, 3.63) is 53.3 Å². The second-order valence-corrected chi connectivity index (χ2v) is 7.60. The van der Waals surface area contributed by atoms with E-state index in [1.807, 2.05) is 45.0 Å². The van der Waals surface area contributed by atoms with Gasteiger partial charge in [-0.15, -0.1) is 0 Å². The molecular weight excluding hydrogens is 398 g/mol. The van der Waals surface area contributed by atoms with Crippen LogP contribution in [0.2, 0.25) is 0 Å². The first kappa shape index (κ1) is 24.1. The molecule has 0 aliphatic carbocycles. The zero-order chi connectivity index (χ0) is 23.1. The van der Waals surface area contributed by atoms with Gasteiger partial charge in [0.15, 0.2) is 17.2 Å². The molecule has 0 amide bonds. The summed E-state index contributed by atoms with van der Waals surface area (Å²) in [5.41, 5.74) is 2.18. The average Bonchev–Trinajstić information content (AvgIpc) is 2.73. The summed E-state index contributed by atoms with van der Waals surface area (Å²) in [7, 11) is 1.40. The summed E-state index contributed by atoms with van der Waals surface area (Å²) in [5.74, 6) is -2.06.